The first-order valence-corrected chi connectivity index (χ1v) is 6.11. The second-order valence-corrected chi connectivity index (χ2v) is 5.09. The number of carboxylic acid groups (broad SMARTS) is 1. The van der Waals surface area contributed by atoms with E-state index in [-0.39, 0.29) is 16.5 Å². The molecular weight excluding hydrogens is 266 g/mol. The van der Waals surface area contributed by atoms with Crippen molar-refractivity contribution >= 4 is 35.0 Å². The maximum Gasteiger partial charge on any atom is 0.316 e. The average Bonchev–Trinajstić information content (AvgIpc) is 2.26. The normalized spacial score (nSPS) is 12.1. The summed E-state index contributed by atoms with van der Waals surface area (Å²) in [5.74, 6) is -0.673. The Morgan fingerprint density at radius 3 is 2.82 bits per heavy atom. The molecule has 0 heterocycles. The first-order valence-electron chi connectivity index (χ1n) is 4.69. The van der Waals surface area contributed by atoms with Crippen LogP contribution in [-0.2, 0) is 10.5 Å². The molecule has 0 aromatic heterocycles. The van der Waals surface area contributed by atoms with Gasteiger partial charge in [-0.15, -0.1) is 11.8 Å². The molecule has 1 unspecified atom stereocenters. The summed E-state index contributed by atoms with van der Waals surface area (Å²) in [6, 6.07) is 4.36. The lowest BCUT2D eigenvalue weighted by Crippen LogP contribution is -2.11. The molecule has 0 aliphatic rings. The molecule has 0 radical (unpaired) electrons. The van der Waals surface area contributed by atoms with Crippen LogP contribution in [0.2, 0.25) is 5.02 Å². The van der Waals surface area contributed by atoms with Gasteiger partial charge in [0, 0.05) is 22.4 Å². The molecule has 0 amide bonds. The molecule has 17 heavy (non-hydrogen) atoms. The van der Waals surface area contributed by atoms with Crippen LogP contribution < -0.4 is 0 Å². The lowest BCUT2D eigenvalue weighted by atomic mass is 10.2. The first kappa shape index (κ1) is 13.8. The molecule has 0 spiro atoms. The Morgan fingerprint density at radius 1 is 1.65 bits per heavy atom. The van der Waals surface area contributed by atoms with E-state index in [2.05, 4.69) is 0 Å². The molecule has 1 rings (SSSR count). The molecule has 0 saturated heterocycles. The number of benzene rings is 1. The van der Waals surface area contributed by atoms with Gasteiger partial charge in [-0.3, -0.25) is 14.9 Å². The van der Waals surface area contributed by atoms with Crippen LogP contribution in [0.25, 0.3) is 0 Å². The van der Waals surface area contributed by atoms with E-state index in [4.69, 9.17) is 16.7 Å². The summed E-state index contributed by atoms with van der Waals surface area (Å²) < 4.78 is 0. The molecule has 0 aliphatic carbocycles. The molecule has 1 aromatic carbocycles. The highest BCUT2D eigenvalue weighted by atomic mass is 35.5. The Labute approximate surface area is 107 Å². The first-order chi connectivity index (χ1) is 7.91. The van der Waals surface area contributed by atoms with Gasteiger partial charge in [-0.25, -0.2) is 0 Å². The van der Waals surface area contributed by atoms with E-state index in [1.807, 2.05) is 0 Å². The minimum Gasteiger partial charge on any atom is -0.480 e. The maximum absolute atomic E-state index is 10.8. The van der Waals surface area contributed by atoms with Crippen LogP contribution in [-0.4, -0.2) is 21.2 Å². The van der Waals surface area contributed by atoms with Gasteiger partial charge in [-0.1, -0.05) is 11.6 Å². The Kier molecular flexibility index (Phi) is 4.77. The van der Waals surface area contributed by atoms with E-state index >= 15 is 0 Å². The van der Waals surface area contributed by atoms with Crippen molar-refractivity contribution < 1.29 is 14.8 Å². The number of carboxylic acids is 1. The van der Waals surface area contributed by atoms with Crippen molar-refractivity contribution in [2.24, 2.45) is 0 Å². The summed E-state index contributed by atoms with van der Waals surface area (Å²) in [4.78, 5) is 20.9. The van der Waals surface area contributed by atoms with Crippen LogP contribution in [0.15, 0.2) is 18.2 Å². The van der Waals surface area contributed by atoms with Crippen molar-refractivity contribution in [3.63, 3.8) is 0 Å². The van der Waals surface area contributed by atoms with Crippen molar-refractivity contribution in [1.82, 2.24) is 0 Å². The topological polar surface area (TPSA) is 80.4 Å². The fourth-order valence-corrected chi connectivity index (χ4v) is 2.10. The van der Waals surface area contributed by atoms with Gasteiger partial charge >= 0.3 is 5.97 Å². The smallest absolute Gasteiger partial charge is 0.316 e. The molecule has 7 heteroatoms. The van der Waals surface area contributed by atoms with E-state index < -0.39 is 16.1 Å². The second kappa shape index (κ2) is 5.88. The highest BCUT2D eigenvalue weighted by Crippen LogP contribution is 2.28. The van der Waals surface area contributed by atoms with Gasteiger partial charge in [0.25, 0.3) is 5.69 Å². The van der Waals surface area contributed by atoms with E-state index in [0.29, 0.717) is 5.56 Å². The van der Waals surface area contributed by atoms with Crippen LogP contribution in [0.5, 0.6) is 0 Å². The van der Waals surface area contributed by atoms with Gasteiger partial charge in [0.15, 0.2) is 0 Å². The van der Waals surface area contributed by atoms with Crippen LogP contribution in [0.3, 0.4) is 0 Å². The van der Waals surface area contributed by atoms with E-state index in [0.717, 1.165) is 11.8 Å². The van der Waals surface area contributed by atoms with Crippen molar-refractivity contribution in [3.8, 4) is 0 Å². The third kappa shape index (κ3) is 3.90. The fourth-order valence-electron chi connectivity index (χ4n) is 1.12. The number of nitro benzene ring substituents is 1. The summed E-state index contributed by atoms with van der Waals surface area (Å²) in [6.07, 6.45) is 0. The zero-order chi connectivity index (χ0) is 13.0. The minimum atomic E-state index is -0.938. The van der Waals surface area contributed by atoms with Gasteiger partial charge in [-0.2, -0.15) is 0 Å². The number of nitrogens with zero attached hydrogens (tertiary/aromatic N) is 1. The predicted molar refractivity (Wildman–Crippen MR) is 66.5 cm³/mol. The molecule has 0 aliphatic heterocycles. The summed E-state index contributed by atoms with van der Waals surface area (Å²) in [5, 5.41) is 19.2. The number of halogens is 1. The standard InChI is InChI=1S/C10H10ClNO4S/c1-6(10(13)14)17-5-7-2-3-8(11)4-9(7)12(15)16/h2-4,6H,5H2,1H3,(H,13,14). The zero-order valence-corrected chi connectivity index (χ0v) is 10.5. The number of hydrogen-bond acceptors (Lipinski definition) is 4. The number of rotatable bonds is 5. The van der Waals surface area contributed by atoms with Gasteiger partial charge < -0.3 is 5.11 Å². The Morgan fingerprint density at radius 2 is 2.29 bits per heavy atom. The molecule has 92 valence electrons. The zero-order valence-electron chi connectivity index (χ0n) is 8.92. The summed E-state index contributed by atoms with van der Waals surface area (Å²) in [5.41, 5.74) is 0.389. The second-order valence-electron chi connectivity index (χ2n) is 3.32. The highest BCUT2D eigenvalue weighted by Gasteiger charge is 2.17. The Bertz CT molecular complexity index is 452. The summed E-state index contributed by atoms with van der Waals surface area (Å²) in [6.45, 7) is 1.54. The van der Waals surface area contributed by atoms with Crippen LogP contribution in [0.1, 0.15) is 12.5 Å². The SMILES string of the molecule is CC(SCc1ccc(Cl)cc1[N+](=O)[O-])C(=O)O. The lowest BCUT2D eigenvalue weighted by molar-refractivity contribution is -0.385. The Hall–Kier alpha value is -1.27. The number of hydrogen-bond donors (Lipinski definition) is 1. The number of nitro groups is 1. The predicted octanol–water partition coefficient (Wildman–Crippen LogP) is 2.95. The van der Waals surface area contributed by atoms with Gasteiger partial charge in [0.05, 0.1) is 10.2 Å². The molecule has 0 bridgehead atoms. The molecule has 1 N–H and O–H groups in total. The van der Waals surface area contributed by atoms with Crippen molar-refractivity contribution in [3.05, 3.63) is 38.9 Å². The van der Waals surface area contributed by atoms with Crippen molar-refractivity contribution in [2.75, 3.05) is 0 Å². The van der Waals surface area contributed by atoms with Gasteiger partial charge in [0.1, 0.15) is 0 Å². The number of aliphatic carboxylic acids is 1. The molecule has 1 aromatic rings. The largest absolute Gasteiger partial charge is 0.480 e. The van der Waals surface area contributed by atoms with Gasteiger partial charge in [0.2, 0.25) is 0 Å². The molecule has 1 atom stereocenters. The monoisotopic (exact) mass is 275 g/mol. The number of carbonyl (C=O) groups is 1. The fraction of sp³-hybridized carbons (Fsp3) is 0.300. The third-order valence-electron chi connectivity index (χ3n) is 2.08. The third-order valence-corrected chi connectivity index (χ3v) is 3.50. The van der Waals surface area contributed by atoms with Crippen molar-refractivity contribution in [1.29, 1.82) is 0 Å². The van der Waals surface area contributed by atoms with Gasteiger partial charge in [-0.05, 0) is 19.1 Å². The summed E-state index contributed by atoms with van der Waals surface area (Å²) >= 11 is 6.80. The lowest BCUT2D eigenvalue weighted by Gasteiger charge is -2.06. The van der Waals surface area contributed by atoms with Crippen molar-refractivity contribution in [2.45, 2.75) is 17.9 Å². The highest BCUT2D eigenvalue weighted by molar-refractivity contribution is 7.99. The van der Waals surface area contributed by atoms with E-state index in [9.17, 15) is 14.9 Å². The maximum atomic E-state index is 10.8. The van der Waals surface area contributed by atoms with Crippen LogP contribution >= 0.6 is 23.4 Å². The van der Waals surface area contributed by atoms with E-state index in [1.165, 1.54) is 13.0 Å². The average molecular weight is 276 g/mol. The molecule has 0 fully saturated rings. The number of thioether (sulfide) groups is 1. The molecular formula is C10H10ClNO4S. The van der Waals surface area contributed by atoms with Crippen LogP contribution in [0, 0.1) is 10.1 Å². The van der Waals surface area contributed by atoms with Crippen LogP contribution in [0.4, 0.5) is 5.69 Å². The minimum absolute atomic E-state index is 0.0809. The summed E-state index contributed by atoms with van der Waals surface area (Å²) in [7, 11) is 0. The Balaban J connectivity index is 2.84. The van der Waals surface area contributed by atoms with E-state index in [1.54, 1.807) is 12.1 Å². The molecule has 5 nitrogen and oxygen atoms in total. The molecule has 0 saturated carbocycles. The quantitative estimate of drug-likeness (QED) is 0.660.